The largest absolute Gasteiger partial charge is 0.393 e. The Balaban J connectivity index is 1.87. The van der Waals surface area contributed by atoms with E-state index in [0.29, 0.717) is 5.92 Å². The number of nitrogens with zero attached hydrogens (tertiary/aromatic N) is 3. The molecule has 1 N–H and O–H groups in total. The van der Waals surface area contributed by atoms with Gasteiger partial charge in [-0.15, -0.1) is 0 Å². The molecule has 4 heteroatoms. The fourth-order valence-electron chi connectivity index (χ4n) is 1.82. The van der Waals surface area contributed by atoms with Gasteiger partial charge in [0.15, 0.2) is 0 Å². The molecule has 2 rings (SSSR count). The minimum Gasteiger partial charge on any atom is -0.393 e. The molecule has 0 amide bonds. The van der Waals surface area contributed by atoms with Crippen molar-refractivity contribution in [2.24, 2.45) is 5.92 Å². The Morgan fingerprint density at radius 2 is 2.29 bits per heavy atom. The number of rotatable bonds is 3. The molecule has 0 bridgehead atoms. The molecular weight excluding hydrogens is 178 g/mol. The summed E-state index contributed by atoms with van der Waals surface area (Å²) in [4.78, 5) is 10.3. The Kier molecular flexibility index (Phi) is 2.63. The van der Waals surface area contributed by atoms with Crippen LogP contribution >= 0.6 is 0 Å². The van der Waals surface area contributed by atoms with E-state index in [1.807, 2.05) is 7.05 Å². The van der Waals surface area contributed by atoms with Gasteiger partial charge in [0.25, 0.3) is 0 Å². The normalized spacial score (nSPS) is 25.6. The van der Waals surface area contributed by atoms with Crippen molar-refractivity contribution < 1.29 is 5.11 Å². The minimum absolute atomic E-state index is 0.0738. The van der Waals surface area contributed by atoms with Crippen LogP contribution in [0.4, 0.5) is 5.82 Å². The highest BCUT2D eigenvalue weighted by Gasteiger charge is 2.28. The molecule has 1 heterocycles. The Morgan fingerprint density at radius 1 is 1.50 bits per heavy atom. The van der Waals surface area contributed by atoms with E-state index in [1.165, 1.54) is 0 Å². The van der Waals surface area contributed by atoms with E-state index < -0.39 is 0 Å². The molecule has 1 fully saturated rings. The van der Waals surface area contributed by atoms with E-state index >= 15 is 0 Å². The molecule has 0 atom stereocenters. The third kappa shape index (κ3) is 2.01. The lowest BCUT2D eigenvalue weighted by Gasteiger charge is -2.34. The van der Waals surface area contributed by atoms with E-state index in [0.717, 1.165) is 25.2 Å². The second kappa shape index (κ2) is 3.92. The lowest BCUT2D eigenvalue weighted by Crippen LogP contribution is -2.37. The summed E-state index contributed by atoms with van der Waals surface area (Å²) in [6.07, 6.45) is 6.89. The van der Waals surface area contributed by atoms with Crippen molar-refractivity contribution in [1.82, 2.24) is 9.97 Å². The van der Waals surface area contributed by atoms with Gasteiger partial charge in [-0.2, -0.15) is 0 Å². The molecule has 0 aromatic carbocycles. The van der Waals surface area contributed by atoms with Gasteiger partial charge in [-0.05, 0) is 18.8 Å². The summed E-state index contributed by atoms with van der Waals surface area (Å²) in [5.74, 6) is 1.51. The summed E-state index contributed by atoms with van der Waals surface area (Å²) < 4.78 is 0. The first-order valence-corrected chi connectivity index (χ1v) is 4.91. The van der Waals surface area contributed by atoms with Crippen molar-refractivity contribution in [3.63, 3.8) is 0 Å². The van der Waals surface area contributed by atoms with Gasteiger partial charge >= 0.3 is 0 Å². The Bertz CT molecular complexity index is 285. The van der Waals surface area contributed by atoms with Gasteiger partial charge in [0.05, 0.1) is 12.3 Å². The number of hydrogen-bond donors (Lipinski definition) is 1. The summed E-state index contributed by atoms with van der Waals surface area (Å²) in [7, 11) is 2.01. The Hall–Kier alpha value is -1.16. The van der Waals surface area contributed by atoms with Crippen LogP contribution in [0.1, 0.15) is 12.8 Å². The predicted octanol–water partition coefficient (Wildman–Crippen LogP) is 0.684. The lowest BCUT2D eigenvalue weighted by molar-refractivity contribution is 0.0464. The van der Waals surface area contributed by atoms with Crippen molar-refractivity contribution >= 4 is 5.82 Å². The van der Waals surface area contributed by atoms with Crippen LogP contribution in [0.2, 0.25) is 0 Å². The summed E-state index contributed by atoms with van der Waals surface area (Å²) in [5, 5.41) is 9.16. The van der Waals surface area contributed by atoms with Gasteiger partial charge in [0, 0.05) is 26.0 Å². The first-order valence-electron chi connectivity index (χ1n) is 4.91. The summed E-state index contributed by atoms with van der Waals surface area (Å²) in [5.41, 5.74) is 0. The molecule has 1 saturated carbocycles. The molecule has 0 aliphatic heterocycles. The minimum atomic E-state index is -0.0738. The van der Waals surface area contributed by atoms with Crippen molar-refractivity contribution in [3.05, 3.63) is 18.6 Å². The molecule has 1 aromatic heterocycles. The molecule has 1 aliphatic carbocycles. The van der Waals surface area contributed by atoms with Crippen LogP contribution in [0.3, 0.4) is 0 Å². The van der Waals surface area contributed by atoms with Crippen LogP contribution in [-0.4, -0.2) is 34.8 Å². The van der Waals surface area contributed by atoms with Gasteiger partial charge in [0.2, 0.25) is 0 Å². The average Bonchev–Trinajstić information content (AvgIpc) is 2.17. The monoisotopic (exact) mass is 193 g/mol. The zero-order chi connectivity index (χ0) is 9.97. The third-order valence-electron chi connectivity index (χ3n) is 2.68. The van der Waals surface area contributed by atoms with Gasteiger partial charge in [-0.3, -0.25) is 4.98 Å². The number of aliphatic hydroxyl groups excluding tert-OH is 1. The Labute approximate surface area is 83.6 Å². The summed E-state index contributed by atoms with van der Waals surface area (Å²) >= 11 is 0. The van der Waals surface area contributed by atoms with E-state index in [2.05, 4.69) is 14.9 Å². The third-order valence-corrected chi connectivity index (χ3v) is 2.68. The van der Waals surface area contributed by atoms with Crippen LogP contribution in [0, 0.1) is 5.92 Å². The maximum atomic E-state index is 9.16. The molecule has 76 valence electrons. The standard InChI is InChI=1S/C10H15N3O/c1-13(7-8-4-9(14)5-8)10-6-11-2-3-12-10/h2-3,6,8-9,14H,4-5,7H2,1H3. The van der Waals surface area contributed by atoms with Crippen LogP contribution in [-0.2, 0) is 0 Å². The number of aromatic nitrogens is 2. The Morgan fingerprint density at radius 3 is 2.86 bits per heavy atom. The number of aliphatic hydroxyl groups is 1. The topological polar surface area (TPSA) is 49.2 Å². The molecular formula is C10H15N3O. The van der Waals surface area contributed by atoms with E-state index in [9.17, 15) is 0 Å². The second-order valence-corrected chi connectivity index (χ2v) is 3.94. The average molecular weight is 193 g/mol. The van der Waals surface area contributed by atoms with Crippen LogP contribution in [0.15, 0.2) is 18.6 Å². The lowest BCUT2D eigenvalue weighted by atomic mass is 9.82. The maximum absolute atomic E-state index is 9.16. The van der Waals surface area contributed by atoms with E-state index in [1.54, 1.807) is 18.6 Å². The van der Waals surface area contributed by atoms with Gasteiger partial charge in [0.1, 0.15) is 5.82 Å². The van der Waals surface area contributed by atoms with Crippen LogP contribution in [0.5, 0.6) is 0 Å². The molecule has 1 aliphatic rings. The van der Waals surface area contributed by atoms with E-state index in [4.69, 9.17) is 5.11 Å². The summed E-state index contributed by atoms with van der Waals surface area (Å²) in [6.45, 7) is 0.954. The highest BCUT2D eigenvalue weighted by atomic mass is 16.3. The predicted molar refractivity (Wildman–Crippen MR) is 54.0 cm³/mol. The molecule has 0 radical (unpaired) electrons. The quantitative estimate of drug-likeness (QED) is 0.767. The van der Waals surface area contributed by atoms with Crippen LogP contribution in [0.25, 0.3) is 0 Å². The number of hydrogen-bond acceptors (Lipinski definition) is 4. The number of anilines is 1. The summed E-state index contributed by atoms with van der Waals surface area (Å²) in [6, 6.07) is 0. The molecule has 0 saturated heterocycles. The van der Waals surface area contributed by atoms with Crippen molar-refractivity contribution in [1.29, 1.82) is 0 Å². The van der Waals surface area contributed by atoms with Gasteiger partial charge in [-0.25, -0.2) is 4.98 Å². The first kappa shape index (κ1) is 9.40. The van der Waals surface area contributed by atoms with Gasteiger partial charge in [-0.1, -0.05) is 0 Å². The second-order valence-electron chi connectivity index (χ2n) is 3.94. The fourth-order valence-corrected chi connectivity index (χ4v) is 1.82. The van der Waals surface area contributed by atoms with Crippen molar-refractivity contribution in [2.75, 3.05) is 18.5 Å². The SMILES string of the molecule is CN(CC1CC(O)C1)c1cnccn1. The fraction of sp³-hybridized carbons (Fsp3) is 0.600. The highest BCUT2D eigenvalue weighted by Crippen LogP contribution is 2.28. The molecule has 4 nitrogen and oxygen atoms in total. The first-order chi connectivity index (χ1) is 6.75. The van der Waals surface area contributed by atoms with Crippen molar-refractivity contribution in [2.45, 2.75) is 18.9 Å². The molecule has 14 heavy (non-hydrogen) atoms. The maximum Gasteiger partial charge on any atom is 0.146 e. The van der Waals surface area contributed by atoms with Crippen molar-refractivity contribution in [3.8, 4) is 0 Å². The molecule has 0 unspecified atom stereocenters. The molecule has 0 spiro atoms. The van der Waals surface area contributed by atoms with Crippen LogP contribution < -0.4 is 4.90 Å². The zero-order valence-corrected chi connectivity index (χ0v) is 8.30. The smallest absolute Gasteiger partial charge is 0.146 e. The zero-order valence-electron chi connectivity index (χ0n) is 8.30. The highest BCUT2D eigenvalue weighted by molar-refractivity contribution is 5.33. The van der Waals surface area contributed by atoms with E-state index in [-0.39, 0.29) is 6.10 Å². The van der Waals surface area contributed by atoms with Gasteiger partial charge < -0.3 is 10.0 Å². The molecule has 1 aromatic rings.